The molecule has 0 aromatic heterocycles. The summed E-state index contributed by atoms with van der Waals surface area (Å²) in [4.78, 5) is 23.4. The maximum atomic E-state index is 12.1. The predicted molar refractivity (Wildman–Crippen MR) is 84.1 cm³/mol. The Bertz CT molecular complexity index is 551. The van der Waals surface area contributed by atoms with Gasteiger partial charge in [-0.25, -0.2) is 4.79 Å². The number of carbonyl (C=O) groups excluding carboxylic acids is 1. The summed E-state index contributed by atoms with van der Waals surface area (Å²) in [6.07, 6.45) is 0. The van der Waals surface area contributed by atoms with Crippen molar-refractivity contribution in [2.75, 3.05) is 5.32 Å². The first-order valence-corrected chi connectivity index (χ1v) is 7.01. The van der Waals surface area contributed by atoms with E-state index in [9.17, 15) is 14.7 Å². The molecule has 0 unspecified atom stereocenters. The Hall–Kier alpha value is -1.46. The second-order valence-corrected chi connectivity index (χ2v) is 6.55. The summed E-state index contributed by atoms with van der Waals surface area (Å²) in [5.41, 5.74) is -1.87. The van der Waals surface area contributed by atoms with Crippen molar-refractivity contribution in [3.05, 3.63) is 28.2 Å². The third-order valence-corrected chi connectivity index (χ3v) is 4.35. The van der Waals surface area contributed by atoms with Gasteiger partial charge in [0.2, 0.25) is 0 Å². The molecule has 3 N–H and O–H groups in total. The molecule has 21 heavy (non-hydrogen) atoms. The smallest absolute Gasteiger partial charge is 0.319 e. The van der Waals surface area contributed by atoms with E-state index >= 15 is 0 Å². The first kappa shape index (κ1) is 17.6. The van der Waals surface area contributed by atoms with Gasteiger partial charge in [0, 0.05) is 0 Å². The van der Waals surface area contributed by atoms with Crippen LogP contribution < -0.4 is 10.6 Å². The number of urea groups is 1. The van der Waals surface area contributed by atoms with Crippen molar-refractivity contribution in [3.63, 3.8) is 0 Å². The molecule has 1 aromatic rings. The van der Waals surface area contributed by atoms with Crippen LogP contribution in [0.1, 0.15) is 27.7 Å². The quantitative estimate of drug-likeness (QED) is 0.779. The van der Waals surface area contributed by atoms with Gasteiger partial charge in [-0.05, 0) is 39.8 Å². The van der Waals surface area contributed by atoms with Crippen molar-refractivity contribution in [2.24, 2.45) is 5.41 Å². The number of aliphatic carboxylic acids is 1. The Balaban J connectivity index is 2.90. The predicted octanol–water partition coefficient (Wildman–Crippen LogP) is 4.00. The highest BCUT2D eigenvalue weighted by atomic mass is 35.5. The highest BCUT2D eigenvalue weighted by molar-refractivity contribution is 6.39. The zero-order chi connectivity index (χ0) is 16.4. The monoisotopic (exact) mass is 332 g/mol. The zero-order valence-corrected chi connectivity index (χ0v) is 13.8. The summed E-state index contributed by atoms with van der Waals surface area (Å²) in [7, 11) is 0. The average Bonchev–Trinajstić information content (AvgIpc) is 2.33. The molecule has 0 aliphatic carbocycles. The van der Waals surface area contributed by atoms with Gasteiger partial charge in [0.05, 0.1) is 26.7 Å². The average molecular weight is 333 g/mol. The minimum absolute atomic E-state index is 0.280. The molecule has 0 radical (unpaired) electrons. The van der Waals surface area contributed by atoms with E-state index in [2.05, 4.69) is 10.6 Å². The Morgan fingerprint density at radius 3 is 2.00 bits per heavy atom. The van der Waals surface area contributed by atoms with Crippen LogP contribution in [0.25, 0.3) is 0 Å². The van der Waals surface area contributed by atoms with Crippen molar-refractivity contribution in [1.82, 2.24) is 5.32 Å². The fourth-order valence-corrected chi connectivity index (χ4v) is 1.96. The molecule has 1 rings (SSSR count). The molecule has 5 nitrogen and oxygen atoms in total. The van der Waals surface area contributed by atoms with Crippen molar-refractivity contribution < 1.29 is 14.7 Å². The molecule has 0 bridgehead atoms. The van der Waals surface area contributed by atoms with E-state index in [1.165, 1.54) is 13.8 Å². The second-order valence-electron chi connectivity index (χ2n) is 5.73. The fraction of sp³-hybridized carbons (Fsp3) is 0.429. The van der Waals surface area contributed by atoms with Crippen LogP contribution in [0.4, 0.5) is 10.5 Å². The molecule has 7 heteroatoms. The van der Waals surface area contributed by atoms with E-state index < -0.39 is 23.0 Å². The minimum atomic E-state index is -1.16. The molecule has 1 aromatic carbocycles. The van der Waals surface area contributed by atoms with Crippen LogP contribution in [-0.4, -0.2) is 22.6 Å². The topological polar surface area (TPSA) is 78.4 Å². The Kier molecular flexibility index (Phi) is 5.12. The lowest BCUT2D eigenvalue weighted by Gasteiger charge is -2.38. The molecule has 0 aliphatic rings. The van der Waals surface area contributed by atoms with E-state index in [0.717, 1.165) is 0 Å². The van der Waals surface area contributed by atoms with Crippen LogP contribution >= 0.6 is 23.2 Å². The van der Waals surface area contributed by atoms with Crippen molar-refractivity contribution in [3.8, 4) is 0 Å². The fourth-order valence-electron chi connectivity index (χ4n) is 1.47. The highest BCUT2D eigenvalue weighted by Gasteiger charge is 2.44. The van der Waals surface area contributed by atoms with Crippen LogP contribution in [-0.2, 0) is 4.79 Å². The van der Waals surface area contributed by atoms with Gasteiger partial charge in [0.1, 0.15) is 0 Å². The minimum Gasteiger partial charge on any atom is -0.481 e. The zero-order valence-electron chi connectivity index (χ0n) is 12.3. The number of benzene rings is 1. The van der Waals surface area contributed by atoms with E-state index in [0.29, 0.717) is 10.0 Å². The number of nitrogens with one attached hydrogen (secondary N) is 2. The number of carboxylic acids is 1. The highest BCUT2D eigenvalue weighted by Crippen LogP contribution is 2.32. The van der Waals surface area contributed by atoms with E-state index in [1.807, 2.05) is 0 Å². The Labute approximate surface area is 133 Å². The molecule has 2 amide bonds. The van der Waals surface area contributed by atoms with Crippen LogP contribution in [0.5, 0.6) is 0 Å². The third kappa shape index (κ3) is 3.80. The number of hydrogen-bond acceptors (Lipinski definition) is 2. The summed E-state index contributed by atoms with van der Waals surface area (Å²) < 4.78 is 0. The standard InChI is InChI=1S/C14H18Cl2N2O3/c1-13(2,11(19)20)14(3,4)18-12(21)17-10-8(15)6-5-7-9(10)16/h5-7H,1-4H3,(H,19,20)(H2,17,18,21). The van der Waals surface area contributed by atoms with Gasteiger partial charge < -0.3 is 15.7 Å². The van der Waals surface area contributed by atoms with Crippen LogP contribution in [0.15, 0.2) is 18.2 Å². The van der Waals surface area contributed by atoms with Gasteiger partial charge in [-0.1, -0.05) is 29.3 Å². The van der Waals surface area contributed by atoms with Gasteiger partial charge in [-0.15, -0.1) is 0 Å². The van der Waals surface area contributed by atoms with Gasteiger partial charge in [-0.3, -0.25) is 4.79 Å². The first-order chi connectivity index (χ1) is 9.49. The number of halogens is 2. The van der Waals surface area contributed by atoms with Gasteiger partial charge in [0.25, 0.3) is 0 Å². The van der Waals surface area contributed by atoms with Crippen LogP contribution in [0.2, 0.25) is 10.0 Å². The SMILES string of the molecule is CC(C)(NC(=O)Nc1c(Cl)cccc1Cl)C(C)(C)C(=O)O. The van der Waals surface area contributed by atoms with Crippen LogP contribution in [0, 0.1) is 5.41 Å². The number of hydrogen-bond donors (Lipinski definition) is 3. The maximum absolute atomic E-state index is 12.1. The second kappa shape index (κ2) is 6.12. The van der Waals surface area contributed by atoms with Crippen LogP contribution in [0.3, 0.4) is 0 Å². The van der Waals surface area contributed by atoms with Gasteiger partial charge in [-0.2, -0.15) is 0 Å². The third-order valence-electron chi connectivity index (χ3n) is 3.72. The molecule has 116 valence electrons. The van der Waals surface area contributed by atoms with Crippen molar-refractivity contribution in [1.29, 1.82) is 0 Å². The van der Waals surface area contributed by atoms with E-state index in [-0.39, 0.29) is 5.69 Å². The molecule has 0 saturated carbocycles. The number of para-hydroxylation sites is 1. The Morgan fingerprint density at radius 2 is 1.57 bits per heavy atom. The molecule has 0 spiro atoms. The summed E-state index contributed by atoms with van der Waals surface area (Å²) in [6, 6.07) is 4.26. The molecular weight excluding hydrogens is 315 g/mol. The normalized spacial score (nSPS) is 11.9. The number of carbonyl (C=O) groups is 2. The maximum Gasteiger partial charge on any atom is 0.319 e. The molecule has 0 atom stereocenters. The summed E-state index contributed by atoms with van der Waals surface area (Å²) in [5, 5.41) is 15.0. The number of amides is 2. The van der Waals surface area contributed by atoms with E-state index in [1.54, 1.807) is 32.0 Å². The lowest BCUT2D eigenvalue weighted by molar-refractivity contribution is -0.150. The molecular formula is C14H18Cl2N2O3. The van der Waals surface area contributed by atoms with E-state index in [4.69, 9.17) is 23.2 Å². The lowest BCUT2D eigenvalue weighted by atomic mass is 9.74. The number of rotatable bonds is 4. The Morgan fingerprint density at radius 1 is 1.10 bits per heavy atom. The number of anilines is 1. The first-order valence-electron chi connectivity index (χ1n) is 6.25. The lowest BCUT2D eigenvalue weighted by Crippen LogP contribution is -2.57. The number of carboxylic acid groups (broad SMARTS) is 1. The van der Waals surface area contributed by atoms with Gasteiger partial charge >= 0.3 is 12.0 Å². The molecule has 0 saturated heterocycles. The van der Waals surface area contributed by atoms with Crippen molar-refractivity contribution >= 4 is 40.9 Å². The summed E-state index contributed by atoms with van der Waals surface area (Å²) >= 11 is 11.9. The van der Waals surface area contributed by atoms with Crippen molar-refractivity contribution in [2.45, 2.75) is 33.2 Å². The molecule has 0 fully saturated rings. The molecule has 0 aliphatic heterocycles. The largest absolute Gasteiger partial charge is 0.481 e. The summed E-state index contributed by atoms with van der Waals surface area (Å²) in [6.45, 7) is 6.35. The summed E-state index contributed by atoms with van der Waals surface area (Å²) in [5.74, 6) is -1.01. The molecule has 0 heterocycles. The van der Waals surface area contributed by atoms with Gasteiger partial charge in [0.15, 0.2) is 0 Å².